The van der Waals surface area contributed by atoms with Crippen LogP contribution in [-0.2, 0) is 4.79 Å². The van der Waals surface area contributed by atoms with E-state index in [1.807, 2.05) is 13.8 Å². The van der Waals surface area contributed by atoms with E-state index in [9.17, 15) is 9.90 Å². The molecule has 1 rings (SSSR count). The van der Waals surface area contributed by atoms with Gasteiger partial charge in [-0.15, -0.1) is 0 Å². The lowest BCUT2D eigenvalue weighted by atomic mass is 10.1. The van der Waals surface area contributed by atoms with E-state index in [0.29, 0.717) is 10.0 Å². The minimum atomic E-state index is -0.590. The molecule has 0 aliphatic carbocycles. The van der Waals surface area contributed by atoms with E-state index in [4.69, 9.17) is 39.5 Å². The number of hydrogen-bond acceptors (Lipinski definition) is 3. The van der Waals surface area contributed by atoms with Crippen LogP contribution in [-0.4, -0.2) is 30.3 Å². The van der Waals surface area contributed by atoms with Crippen LogP contribution in [0, 0.1) is 5.92 Å². The van der Waals surface area contributed by atoms with Gasteiger partial charge in [0.25, 0.3) is 5.91 Å². The van der Waals surface area contributed by atoms with Crippen LogP contribution in [0.3, 0.4) is 0 Å². The van der Waals surface area contributed by atoms with Crippen LogP contribution in [0.4, 0.5) is 0 Å². The molecule has 1 aromatic carbocycles. The molecule has 0 aliphatic heterocycles. The van der Waals surface area contributed by atoms with E-state index in [2.05, 4.69) is 5.32 Å². The number of carbonyl (C=O) groups excluding carboxylic acids is 1. The third-order valence-corrected chi connectivity index (χ3v) is 3.63. The Hall–Kier alpha value is -0.680. The summed E-state index contributed by atoms with van der Waals surface area (Å²) in [5.41, 5.74) is 0. The summed E-state index contributed by atoms with van der Waals surface area (Å²) < 4.78 is 5.26. The third-order valence-electron chi connectivity index (χ3n) is 2.61. The molecule has 0 heterocycles. The number of rotatable bonds is 6. The van der Waals surface area contributed by atoms with Crippen LogP contribution >= 0.6 is 34.8 Å². The van der Waals surface area contributed by atoms with Gasteiger partial charge >= 0.3 is 0 Å². The maximum absolute atomic E-state index is 11.6. The van der Waals surface area contributed by atoms with E-state index in [1.54, 1.807) is 0 Å². The van der Waals surface area contributed by atoms with E-state index in [-0.39, 0.29) is 35.7 Å². The zero-order valence-corrected chi connectivity index (χ0v) is 13.4. The Balaban J connectivity index is 2.47. The molecule has 0 bridgehead atoms. The van der Waals surface area contributed by atoms with Crippen LogP contribution < -0.4 is 10.1 Å². The fourth-order valence-electron chi connectivity index (χ4n) is 1.26. The van der Waals surface area contributed by atoms with Gasteiger partial charge in [-0.25, -0.2) is 0 Å². The van der Waals surface area contributed by atoms with Crippen LogP contribution in [0.25, 0.3) is 0 Å². The Morgan fingerprint density at radius 1 is 1.25 bits per heavy atom. The molecular weight excluding hydrogens is 325 g/mol. The predicted octanol–water partition coefficient (Wildman–Crippen LogP) is 3.16. The molecule has 0 spiro atoms. The molecular formula is C13H16Cl3NO3. The van der Waals surface area contributed by atoms with Crippen molar-refractivity contribution < 1.29 is 14.6 Å². The van der Waals surface area contributed by atoms with Crippen molar-refractivity contribution >= 4 is 40.7 Å². The van der Waals surface area contributed by atoms with Crippen molar-refractivity contribution in [3.63, 3.8) is 0 Å². The first-order chi connectivity index (χ1) is 9.31. The van der Waals surface area contributed by atoms with Crippen molar-refractivity contribution in [2.24, 2.45) is 5.92 Å². The van der Waals surface area contributed by atoms with Crippen LogP contribution in [0.2, 0.25) is 15.1 Å². The van der Waals surface area contributed by atoms with Crippen molar-refractivity contribution in [1.82, 2.24) is 5.32 Å². The zero-order chi connectivity index (χ0) is 15.3. The van der Waals surface area contributed by atoms with Crippen molar-refractivity contribution in [2.75, 3.05) is 13.2 Å². The van der Waals surface area contributed by atoms with Gasteiger partial charge in [-0.05, 0) is 12.0 Å². The average molecular weight is 341 g/mol. The van der Waals surface area contributed by atoms with Gasteiger partial charge in [0, 0.05) is 12.6 Å². The Bertz CT molecular complexity index is 480. The zero-order valence-electron chi connectivity index (χ0n) is 11.1. The third kappa shape index (κ3) is 5.37. The van der Waals surface area contributed by atoms with Gasteiger partial charge in [-0.1, -0.05) is 48.7 Å². The van der Waals surface area contributed by atoms with Gasteiger partial charge in [0.1, 0.15) is 5.75 Å². The van der Waals surface area contributed by atoms with E-state index in [1.165, 1.54) is 12.1 Å². The molecule has 0 saturated heterocycles. The second-order valence-electron chi connectivity index (χ2n) is 4.60. The first-order valence-electron chi connectivity index (χ1n) is 6.03. The molecule has 112 valence electrons. The molecule has 1 amide bonds. The molecule has 2 N–H and O–H groups in total. The van der Waals surface area contributed by atoms with Crippen molar-refractivity contribution in [3.8, 4) is 5.75 Å². The monoisotopic (exact) mass is 339 g/mol. The van der Waals surface area contributed by atoms with Crippen LogP contribution in [0.5, 0.6) is 5.75 Å². The smallest absolute Gasteiger partial charge is 0.258 e. The van der Waals surface area contributed by atoms with Crippen LogP contribution in [0.15, 0.2) is 12.1 Å². The molecule has 0 aromatic heterocycles. The maximum Gasteiger partial charge on any atom is 0.258 e. The Morgan fingerprint density at radius 2 is 1.85 bits per heavy atom. The van der Waals surface area contributed by atoms with Gasteiger partial charge in [0.05, 0.1) is 21.2 Å². The summed E-state index contributed by atoms with van der Waals surface area (Å²) >= 11 is 17.5. The number of aliphatic hydroxyl groups is 1. The number of benzene rings is 1. The van der Waals surface area contributed by atoms with Gasteiger partial charge in [0.15, 0.2) is 6.61 Å². The van der Waals surface area contributed by atoms with E-state index in [0.717, 1.165) is 0 Å². The van der Waals surface area contributed by atoms with Crippen molar-refractivity contribution in [2.45, 2.75) is 20.0 Å². The maximum atomic E-state index is 11.6. The summed E-state index contributed by atoms with van der Waals surface area (Å²) in [5, 5.41) is 13.0. The summed E-state index contributed by atoms with van der Waals surface area (Å²) in [6, 6.07) is 2.89. The lowest BCUT2D eigenvalue weighted by molar-refractivity contribution is -0.123. The van der Waals surface area contributed by atoms with Crippen LogP contribution in [0.1, 0.15) is 13.8 Å². The van der Waals surface area contributed by atoms with Crippen molar-refractivity contribution in [3.05, 3.63) is 27.2 Å². The molecule has 1 atom stereocenters. The second kappa shape index (κ2) is 7.93. The molecule has 0 fully saturated rings. The molecule has 7 heteroatoms. The highest BCUT2D eigenvalue weighted by molar-refractivity contribution is 6.43. The minimum absolute atomic E-state index is 0.0701. The average Bonchev–Trinajstić information content (AvgIpc) is 2.38. The minimum Gasteiger partial charge on any atom is -0.482 e. The van der Waals surface area contributed by atoms with E-state index < -0.39 is 6.10 Å². The van der Waals surface area contributed by atoms with Crippen molar-refractivity contribution in [1.29, 1.82) is 0 Å². The number of halogens is 3. The Kier molecular flexibility index (Phi) is 6.89. The highest BCUT2D eigenvalue weighted by Gasteiger charge is 2.12. The van der Waals surface area contributed by atoms with Gasteiger partial charge in [0.2, 0.25) is 0 Å². The number of carbonyl (C=O) groups is 1. The molecule has 0 radical (unpaired) electrons. The first-order valence-corrected chi connectivity index (χ1v) is 7.16. The Morgan fingerprint density at radius 3 is 2.45 bits per heavy atom. The summed E-state index contributed by atoms with van der Waals surface area (Å²) in [5.74, 6) is -0.00630. The highest BCUT2D eigenvalue weighted by atomic mass is 35.5. The standard InChI is InChI=1S/C13H16Cl3NO3/c1-7(2)11(18)5-17-13(19)6-20-12-4-9(15)8(14)3-10(12)16/h3-4,7,11,18H,5-6H2,1-2H3,(H,17,19). The molecule has 1 unspecified atom stereocenters. The quantitative estimate of drug-likeness (QED) is 0.782. The number of hydrogen-bond donors (Lipinski definition) is 2. The number of nitrogens with one attached hydrogen (secondary N) is 1. The Labute approximate surface area is 133 Å². The molecule has 20 heavy (non-hydrogen) atoms. The number of aliphatic hydroxyl groups excluding tert-OH is 1. The fourth-order valence-corrected chi connectivity index (χ4v) is 1.85. The lowest BCUT2D eigenvalue weighted by Crippen LogP contribution is -2.37. The van der Waals surface area contributed by atoms with Gasteiger partial charge < -0.3 is 15.2 Å². The predicted molar refractivity (Wildman–Crippen MR) is 80.8 cm³/mol. The second-order valence-corrected chi connectivity index (χ2v) is 5.82. The molecule has 0 saturated carbocycles. The van der Waals surface area contributed by atoms with Gasteiger partial charge in [-0.3, -0.25) is 4.79 Å². The largest absolute Gasteiger partial charge is 0.482 e. The SMILES string of the molecule is CC(C)C(O)CNC(=O)COc1cc(Cl)c(Cl)cc1Cl. The first kappa shape index (κ1) is 17.4. The fraction of sp³-hybridized carbons (Fsp3) is 0.462. The topological polar surface area (TPSA) is 58.6 Å². The molecule has 4 nitrogen and oxygen atoms in total. The summed E-state index contributed by atoms with van der Waals surface area (Å²) in [6.45, 7) is 3.68. The normalized spacial score (nSPS) is 12.3. The number of ether oxygens (including phenoxy) is 1. The van der Waals surface area contributed by atoms with Gasteiger partial charge in [-0.2, -0.15) is 0 Å². The summed E-state index contributed by atoms with van der Waals surface area (Å²) in [6.07, 6.45) is -0.590. The summed E-state index contributed by atoms with van der Waals surface area (Å²) in [7, 11) is 0. The van der Waals surface area contributed by atoms with E-state index >= 15 is 0 Å². The molecule has 0 aliphatic rings. The highest BCUT2D eigenvalue weighted by Crippen LogP contribution is 2.33. The number of amides is 1. The lowest BCUT2D eigenvalue weighted by Gasteiger charge is -2.15. The molecule has 1 aromatic rings. The summed E-state index contributed by atoms with van der Waals surface area (Å²) in [4.78, 5) is 11.6.